The van der Waals surface area contributed by atoms with E-state index in [2.05, 4.69) is 10.0 Å². The summed E-state index contributed by atoms with van der Waals surface area (Å²) in [5, 5.41) is 4.34. The number of hydrogen-bond acceptors (Lipinski definition) is 5. The first-order valence-electron chi connectivity index (χ1n) is 9.39. The van der Waals surface area contributed by atoms with Gasteiger partial charge in [0.1, 0.15) is 0 Å². The molecule has 3 aromatic rings. The van der Waals surface area contributed by atoms with Crippen molar-refractivity contribution >= 4 is 38.4 Å². The van der Waals surface area contributed by atoms with Crippen molar-refractivity contribution in [2.45, 2.75) is 24.8 Å². The maximum atomic E-state index is 12.7. The molecule has 0 aliphatic heterocycles. The van der Waals surface area contributed by atoms with Gasteiger partial charge >= 0.3 is 5.97 Å². The molecule has 30 heavy (non-hydrogen) atoms. The standard InChI is InChI=1S/C22H22N2O5S/c1-3-29-22(26)17-8-11-19(12-9-17)23-21(25)15(2)24-30(27,28)20-13-10-16-6-4-5-7-18(16)14-20/h4-15,24H,3H2,1-2H3,(H,23,25)/t15-/m0/s1. The normalized spacial score (nSPS) is 12.3. The van der Waals surface area contributed by atoms with Crippen molar-refractivity contribution < 1.29 is 22.7 Å². The van der Waals surface area contributed by atoms with Gasteiger partial charge in [0.25, 0.3) is 0 Å². The topological polar surface area (TPSA) is 102 Å². The van der Waals surface area contributed by atoms with E-state index in [0.717, 1.165) is 10.8 Å². The third kappa shape index (κ3) is 5.03. The molecule has 156 valence electrons. The third-order valence-corrected chi connectivity index (χ3v) is 5.96. The van der Waals surface area contributed by atoms with Crippen molar-refractivity contribution in [2.24, 2.45) is 0 Å². The first-order chi connectivity index (χ1) is 14.3. The Labute approximate surface area is 175 Å². The zero-order chi connectivity index (χ0) is 21.7. The molecule has 0 saturated heterocycles. The Morgan fingerprint density at radius 1 is 0.967 bits per heavy atom. The Hall–Kier alpha value is -3.23. The number of amides is 1. The van der Waals surface area contributed by atoms with Crippen LogP contribution in [-0.2, 0) is 19.6 Å². The van der Waals surface area contributed by atoms with Crippen LogP contribution in [0.3, 0.4) is 0 Å². The Morgan fingerprint density at radius 3 is 2.30 bits per heavy atom. The maximum Gasteiger partial charge on any atom is 0.338 e. The molecule has 0 aliphatic rings. The van der Waals surface area contributed by atoms with Crippen LogP contribution >= 0.6 is 0 Å². The summed E-state index contributed by atoms with van der Waals surface area (Å²) >= 11 is 0. The highest BCUT2D eigenvalue weighted by Gasteiger charge is 2.22. The van der Waals surface area contributed by atoms with E-state index in [4.69, 9.17) is 4.74 Å². The Kier molecular flexibility index (Phi) is 6.49. The summed E-state index contributed by atoms with van der Waals surface area (Å²) in [7, 11) is -3.88. The van der Waals surface area contributed by atoms with Crippen molar-refractivity contribution in [3.8, 4) is 0 Å². The molecule has 0 saturated carbocycles. The van der Waals surface area contributed by atoms with Crippen LogP contribution in [0.25, 0.3) is 10.8 Å². The lowest BCUT2D eigenvalue weighted by Crippen LogP contribution is -2.41. The van der Waals surface area contributed by atoms with Gasteiger partial charge in [-0.25, -0.2) is 13.2 Å². The molecule has 2 N–H and O–H groups in total. The van der Waals surface area contributed by atoms with E-state index in [1.165, 1.54) is 25.1 Å². The van der Waals surface area contributed by atoms with Crippen LogP contribution in [0.4, 0.5) is 5.69 Å². The molecule has 0 spiro atoms. The molecule has 0 bridgehead atoms. The molecule has 0 radical (unpaired) electrons. The van der Waals surface area contributed by atoms with E-state index in [1.54, 1.807) is 31.2 Å². The van der Waals surface area contributed by atoms with Gasteiger partial charge in [0.2, 0.25) is 15.9 Å². The lowest BCUT2D eigenvalue weighted by atomic mass is 10.1. The predicted molar refractivity (Wildman–Crippen MR) is 115 cm³/mol. The maximum absolute atomic E-state index is 12.7. The SMILES string of the molecule is CCOC(=O)c1ccc(NC(=O)[C@H](C)NS(=O)(=O)c2ccc3ccccc3c2)cc1. The zero-order valence-electron chi connectivity index (χ0n) is 16.6. The first-order valence-corrected chi connectivity index (χ1v) is 10.9. The van der Waals surface area contributed by atoms with Gasteiger partial charge in [0.05, 0.1) is 23.1 Å². The number of rotatable bonds is 7. The van der Waals surface area contributed by atoms with Crippen molar-refractivity contribution in [3.63, 3.8) is 0 Å². The molecule has 3 aromatic carbocycles. The summed E-state index contributed by atoms with van der Waals surface area (Å²) in [5.41, 5.74) is 0.796. The van der Waals surface area contributed by atoms with Crippen molar-refractivity contribution in [3.05, 3.63) is 72.3 Å². The molecule has 0 heterocycles. The van der Waals surface area contributed by atoms with Gasteiger partial charge in [-0.3, -0.25) is 4.79 Å². The Balaban J connectivity index is 1.67. The molecular weight excluding hydrogens is 404 g/mol. The largest absolute Gasteiger partial charge is 0.462 e. The van der Waals surface area contributed by atoms with Gasteiger partial charge in [0, 0.05) is 5.69 Å². The lowest BCUT2D eigenvalue weighted by molar-refractivity contribution is -0.117. The molecule has 0 fully saturated rings. The smallest absolute Gasteiger partial charge is 0.338 e. The van der Waals surface area contributed by atoms with E-state index in [1.807, 2.05) is 24.3 Å². The highest BCUT2D eigenvalue weighted by Crippen LogP contribution is 2.19. The second-order valence-electron chi connectivity index (χ2n) is 6.64. The second kappa shape index (κ2) is 9.06. The van der Waals surface area contributed by atoms with Crippen LogP contribution < -0.4 is 10.0 Å². The quantitative estimate of drug-likeness (QED) is 0.565. The van der Waals surface area contributed by atoms with Crippen LogP contribution in [-0.4, -0.2) is 32.9 Å². The van der Waals surface area contributed by atoms with Gasteiger partial charge in [-0.2, -0.15) is 4.72 Å². The van der Waals surface area contributed by atoms with Crippen LogP contribution in [0.2, 0.25) is 0 Å². The van der Waals surface area contributed by atoms with Crippen LogP contribution in [0, 0.1) is 0 Å². The molecular formula is C22H22N2O5S. The molecule has 1 amide bonds. The molecule has 0 unspecified atom stereocenters. The fourth-order valence-electron chi connectivity index (χ4n) is 2.84. The van der Waals surface area contributed by atoms with Gasteiger partial charge in [-0.1, -0.05) is 30.3 Å². The number of carbonyl (C=O) groups is 2. The summed E-state index contributed by atoms with van der Waals surface area (Å²) in [6.45, 7) is 3.44. The first kappa shape index (κ1) is 21.5. The summed E-state index contributed by atoms with van der Waals surface area (Å²) in [5.74, 6) is -0.977. The minimum absolute atomic E-state index is 0.0830. The lowest BCUT2D eigenvalue weighted by Gasteiger charge is -2.15. The van der Waals surface area contributed by atoms with E-state index < -0.39 is 27.9 Å². The van der Waals surface area contributed by atoms with Gasteiger partial charge in [-0.05, 0) is 61.0 Å². The van der Waals surface area contributed by atoms with E-state index in [9.17, 15) is 18.0 Å². The minimum atomic E-state index is -3.88. The fraction of sp³-hybridized carbons (Fsp3) is 0.182. The number of anilines is 1. The predicted octanol–water partition coefficient (Wildman–Crippen LogP) is 3.32. The summed E-state index contributed by atoms with van der Waals surface area (Å²) in [6.07, 6.45) is 0. The number of fused-ring (bicyclic) bond motifs is 1. The van der Waals surface area contributed by atoms with E-state index >= 15 is 0 Å². The van der Waals surface area contributed by atoms with Gasteiger partial charge in [0.15, 0.2) is 0 Å². The van der Waals surface area contributed by atoms with Crippen LogP contribution in [0.1, 0.15) is 24.2 Å². The highest BCUT2D eigenvalue weighted by molar-refractivity contribution is 7.89. The summed E-state index contributed by atoms with van der Waals surface area (Å²) in [6, 6.07) is 17.4. The fourth-order valence-corrected chi connectivity index (χ4v) is 4.08. The van der Waals surface area contributed by atoms with Gasteiger partial charge < -0.3 is 10.1 Å². The number of sulfonamides is 1. The van der Waals surface area contributed by atoms with Gasteiger partial charge in [-0.15, -0.1) is 0 Å². The van der Waals surface area contributed by atoms with Crippen molar-refractivity contribution in [1.82, 2.24) is 4.72 Å². The molecule has 0 aliphatic carbocycles. The van der Waals surface area contributed by atoms with Crippen LogP contribution in [0.5, 0.6) is 0 Å². The molecule has 0 aromatic heterocycles. The third-order valence-electron chi connectivity index (χ3n) is 4.42. The summed E-state index contributed by atoms with van der Waals surface area (Å²) in [4.78, 5) is 24.2. The van der Waals surface area contributed by atoms with Crippen molar-refractivity contribution in [1.29, 1.82) is 0 Å². The number of ether oxygens (including phenoxy) is 1. The van der Waals surface area contributed by atoms with Crippen LogP contribution in [0.15, 0.2) is 71.6 Å². The Morgan fingerprint density at radius 2 is 1.63 bits per heavy atom. The molecule has 8 heteroatoms. The second-order valence-corrected chi connectivity index (χ2v) is 8.35. The minimum Gasteiger partial charge on any atom is -0.462 e. The number of esters is 1. The molecule has 3 rings (SSSR count). The summed E-state index contributed by atoms with van der Waals surface area (Å²) < 4.78 is 32.7. The van der Waals surface area contributed by atoms with Crippen molar-refractivity contribution in [2.75, 3.05) is 11.9 Å². The highest BCUT2D eigenvalue weighted by atomic mass is 32.2. The molecule has 1 atom stereocenters. The monoisotopic (exact) mass is 426 g/mol. The van der Waals surface area contributed by atoms with E-state index in [-0.39, 0.29) is 11.5 Å². The average Bonchev–Trinajstić information content (AvgIpc) is 2.73. The Bertz CT molecular complexity index is 1170. The number of nitrogens with one attached hydrogen (secondary N) is 2. The number of benzene rings is 3. The average molecular weight is 426 g/mol. The number of hydrogen-bond donors (Lipinski definition) is 2. The number of carbonyl (C=O) groups excluding carboxylic acids is 2. The molecule has 7 nitrogen and oxygen atoms in total. The van der Waals surface area contributed by atoms with E-state index in [0.29, 0.717) is 11.3 Å². The zero-order valence-corrected chi connectivity index (χ0v) is 17.4.